The van der Waals surface area contributed by atoms with Crippen LogP contribution < -0.4 is 10.2 Å². The van der Waals surface area contributed by atoms with Crippen LogP contribution >= 0.6 is 0 Å². The van der Waals surface area contributed by atoms with Crippen molar-refractivity contribution >= 4 is 23.5 Å². The molecule has 1 aliphatic heterocycles. The van der Waals surface area contributed by atoms with E-state index in [9.17, 15) is 14.4 Å². The average Bonchev–Trinajstić information content (AvgIpc) is 2.95. The zero-order valence-electron chi connectivity index (χ0n) is 16.2. The number of carbonyl (C=O) groups is 3. The summed E-state index contributed by atoms with van der Waals surface area (Å²) in [6, 6.07) is 17.9. The molecule has 6 heteroatoms. The number of anilines is 1. The van der Waals surface area contributed by atoms with Crippen LogP contribution in [0.15, 0.2) is 60.7 Å². The number of aryl methyl sites for hydroxylation is 1. The third kappa shape index (κ3) is 4.39. The minimum absolute atomic E-state index is 0.0930. The minimum atomic E-state index is -0.593. The maximum atomic E-state index is 12.9. The number of nitrogens with zero attached hydrogens (tertiary/aromatic N) is 2. The van der Waals surface area contributed by atoms with Crippen molar-refractivity contribution in [3.63, 3.8) is 0 Å². The number of hydrogen-bond donors (Lipinski definition) is 1. The number of imide groups is 1. The monoisotopic (exact) mass is 379 g/mol. The van der Waals surface area contributed by atoms with E-state index in [0.717, 1.165) is 16.2 Å². The van der Waals surface area contributed by atoms with Gasteiger partial charge in [-0.2, -0.15) is 0 Å². The van der Waals surface area contributed by atoms with E-state index in [4.69, 9.17) is 0 Å². The van der Waals surface area contributed by atoms with Gasteiger partial charge in [-0.15, -0.1) is 0 Å². The molecule has 2 aromatic carbocycles. The molecule has 1 aliphatic rings. The predicted octanol–water partition coefficient (Wildman–Crippen LogP) is 2.98. The number of nitrogens with one attached hydrogen (secondary N) is 1. The Morgan fingerprint density at radius 1 is 1.04 bits per heavy atom. The number of hydrogen-bond acceptors (Lipinski definition) is 3. The molecule has 1 saturated heterocycles. The molecule has 146 valence electrons. The van der Waals surface area contributed by atoms with Gasteiger partial charge in [-0.1, -0.05) is 48.5 Å². The Hall–Kier alpha value is -3.15. The van der Waals surface area contributed by atoms with Crippen LogP contribution in [-0.4, -0.2) is 41.4 Å². The fourth-order valence-electron chi connectivity index (χ4n) is 3.41. The van der Waals surface area contributed by atoms with Crippen LogP contribution in [0, 0.1) is 0 Å². The first-order chi connectivity index (χ1) is 13.5. The highest BCUT2D eigenvalue weighted by Gasteiger charge is 2.39. The van der Waals surface area contributed by atoms with Gasteiger partial charge in [0.1, 0.15) is 12.6 Å². The lowest BCUT2D eigenvalue weighted by atomic mass is 10.1. The second-order valence-electron chi connectivity index (χ2n) is 7.14. The first-order valence-electron chi connectivity index (χ1n) is 9.50. The van der Waals surface area contributed by atoms with Crippen molar-refractivity contribution in [3.05, 3.63) is 66.2 Å². The maximum absolute atomic E-state index is 12.9. The van der Waals surface area contributed by atoms with Crippen LogP contribution in [0.4, 0.5) is 10.5 Å². The van der Waals surface area contributed by atoms with Gasteiger partial charge in [0.05, 0.1) is 0 Å². The molecule has 28 heavy (non-hydrogen) atoms. The van der Waals surface area contributed by atoms with Crippen LogP contribution in [0.3, 0.4) is 0 Å². The number of urea groups is 1. The van der Waals surface area contributed by atoms with Crippen LogP contribution in [0.1, 0.15) is 25.8 Å². The van der Waals surface area contributed by atoms with Crippen LogP contribution in [0.2, 0.25) is 0 Å². The van der Waals surface area contributed by atoms with Gasteiger partial charge in [0.2, 0.25) is 5.91 Å². The van der Waals surface area contributed by atoms with Gasteiger partial charge >= 0.3 is 6.03 Å². The fraction of sp³-hybridized carbons (Fsp3) is 0.318. The second-order valence-corrected chi connectivity index (χ2v) is 7.14. The quantitative estimate of drug-likeness (QED) is 0.752. The molecule has 6 nitrogen and oxygen atoms in total. The van der Waals surface area contributed by atoms with Crippen LogP contribution in [0.25, 0.3) is 0 Å². The highest BCUT2D eigenvalue weighted by molar-refractivity contribution is 6.08. The van der Waals surface area contributed by atoms with Gasteiger partial charge in [0, 0.05) is 11.7 Å². The van der Waals surface area contributed by atoms with E-state index in [-0.39, 0.29) is 24.4 Å². The standard InChI is InChI=1S/C22H25N3O3/c1-16(2)25(18-11-7-4-8-12-18)20(26)15-24-21(27)19(23-22(24)28)14-13-17-9-5-3-6-10-17/h3-12,16,19H,13-15H2,1-2H3,(H,23,28)/t19-/m1/s1. The summed E-state index contributed by atoms with van der Waals surface area (Å²) in [7, 11) is 0. The Labute approximate surface area is 165 Å². The van der Waals surface area contributed by atoms with Crippen LogP contribution in [-0.2, 0) is 16.0 Å². The van der Waals surface area contributed by atoms with E-state index in [2.05, 4.69) is 5.32 Å². The van der Waals surface area contributed by atoms with Gasteiger partial charge in [-0.3, -0.25) is 14.5 Å². The van der Waals surface area contributed by atoms with Crippen molar-refractivity contribution in [1.82, 2.24) is 10.2 Å². The highest BCUT2D eigenvalue weighted by Crippen LogP contribution is 2.19. The second kappa shape index (κ2) is 8.69. The lowest BCUT2D eigenvalue weighted by Gasteiger charge is -2.28. The van der Waals surface area contributed by atoms with E-state index in [0.29, 0.717) is 12.8 Å². The Bertz CT molecular complexity index is 837. The van der Waals surface area contributed by atoms with E-state index < -0.39 is 12.1 Å². The van der Waals surface area contributed by atoms with Crippen molar-refractivity contribution in [1.29, 1.82) is 0 Å². The summed E-state index contributed by atoms with van der Waals surface area (Å²) in [4.78, 5) is 40.5. The summed E-state index contributed by atoms with van der Waals surface area (Å²) in [5, 5.41) is 2.70. The zero-order valence-corrected chi connectivity index (χ0v) is 16.2. The Balaban J connectivity index is 1.65. The Kier molecular flexibility index (Phi) is 6.09. The minimum Gasteiger partial charge on any atom is -0.326 e. The largest absolute Gasteiger partial charge is 0.326 e. The van der Waals surface area contributed by atoms with E-state index >= 15 is 0 Å². The zero-order chi connectivity index (χ0) is 20.1. The summed E-state index contributed by atoms with van der Waals surface area (Å²) < 4.78 is 0. The molecule has 1 fully saturated rings. The molecule has 0 aliphatic carbocycles. The van der Waals surface area contributed by atoms with Gasteiger partial charge in [0.15, 0.2) is 0 Å². The summed E-state index contributed by atoms with van der Waals surface area (Å²) in [6.07, 6.45) is 1.19. The molecule has 3 rings (SSSR count). The molecule has 4 amide bonds. The number of carbonyl (C=O) groups excluding carboxylic acids is 3. The molecular formula is C22H25N3O3. The normalized spacial score (nSPS) is 16.4. The average molecular weight is 379 g/mol. The number of para-hydroxylation sites is 1. The summed E-state index contributed by atoms with van der Waals surface area (Å²) in [5.74, 6) is -0.626. The van der Waals surface area contributed by atoms with E-state index in [1.54, 1.807) is 4.90 Å². The molecule has 2 aromatic rings. The topological polar surface area (TPSA) is 69.7 Å². The van der Waals surface area contributed by atoms with Crippen molar-refractivity contribution in [2.24, 2.45) is 0 Å². The molecule has 1 atom stereocenters. The Morgan fingerprint density at radius 3 is 2.25 bits per heavy atom. The molecule has 0 aromatic heterocycles. The first-order valence-corrected chi connectivity index (χ1v) is 9.50. The lowest BCUT2D eigenvalue weighted by Crippen LogP contribution is -2.46. The summed E-state index contributed by atoms with van der Waals surface area (Å²) in [6.45, 7) is 3.54. The summed E-state index contributed by atoms with van der Waals surface area (Å²) in [5.41, 5.74) is 1.85. The molecule has 0 unspecified atom stereocenters. The molecule has 0 radical (unpaired) electrons. The number of amides is 4. The van der Waals surface area contributed by atoms with E-state index in [1.165, 1.54) is 0 Å². The predicted molar refractivity (Wildman–Crippen MR) is 108 cm³/mol. The maximum Gasteiger partial charge on any atom is 0.325 e. The van der Waals surface area contributed by atoms with Crippen molar-refractivity contribution in [2.45, 2.75) is 38.8 Å². The molecule has 0 saturated carbocycles. The molecule has 0 spiro atoms. The number of benzene rings is 2. The third-order valence-corrected chi connectivity index (χ3v) is 4.78. The van der Waals surface area contributed by atoms with Gasteiger partial charge in [-0.05, 0) is 44.4 Å². The fourth-order valence-corrected chi connectivity index (χ4v) is 3.41. The molecule has 0 bridgehead atoms. The number of rotatable bonds is 7. The molecule has 1 heterocycles. The van der Waals surface area contributed by atoms with Crippen molar-refractivity contribution < 1.29 is 14.4 Å². The lowest BCUT2D eigenvalue weighted by molar-refractivity contribution is -0.131. The highest BCUT2D eigenvalue weighted by atomic mass is 16.2. The van der Waals surface area contributed by atoms with Crippen molar-refractivity contribution in [3.8, 4) is 0 Å². The van der Waals surface area contributed by atoms with E-state index in [1.807, 2.05) is 74.5 Å². The van der Waals surface area contributed by atoms with Crippen molar-refractivity contribution in [2.75, 3.05) is 11.4 Å². The molecular weight excluding hydrogens is 354 g/mol. The summed E-state index contributed by atoms with van der Waals surface area (Å²) >= 11 is 0. The third-order valence-electron chi connectivity index (χ3n) is 4.78. The SMILES string of the molecule is CC(C)N(C(=O)CN1C(=O)N[C@H](CCc2ccccc2)C1=O)c1ccccc1. The van der Waals surface area contributed by atoms with Gasteiger partial charge < -0.3 is 10.2 Å². The Morgan fingerprint density at radius 2 is 1.64 bits per heavy atom. The van der Waals surface area contributed by atoms with Crippen LogP contribution in [0.5, 0.6) is 0 Å². The first kappa shape index (κ1) is 19.6. The molecule has 1 N–H and O–H groups in total. The van der Waals surface area contributed by atoms with Gasteiger partial charge in [0.25, 0.3) is 5.91 Å². The smallest absolute Gasteiger partial charge is 0.325 e. The van der Waals surface area contributed by atoms with Gasteiger partial charge in [-0.25, -0.2) is 4.79 Å².